The van der Waals surface area contributed by atoms with E-state index in [2.05, 4.69) is 28.8 Å². The van der Waals surface area contributed by atoms with Crippen LogP contribution in [0.4, 0.5) is 11.4 Å². The number of nitrogens with one attached hydrogen (secondary N) is 1. The summed E-state index contributed by atoms with van der Waals surface area (Å²) in [5, 5.41) is 2.91. The summed E-state index contributed by atoms with van der Waals surface area (Å²) in [7, 11) is 1.38. The lowest BCUT2D eigenvalue weighted by molar-refractivity contribution is -0.140. The number of anilines is 2. The first kappa shape index (κ1) is 19.5. The number of ether oxygens (including phenoxy) is 1. The van der Waals surface area contributed by atoms with Gasteiger partial charge in [0.25, 0.3) is 5.91 Å². The van der Waals surface area contributed by atoms with Crippen LogP contribution < -0.4 is 10.2 Å². The SMILES string of the molecule is CCN(CC)c1ccc(NC(=O)c2ccc(CCC(=O)OC)cc2)cc1. The highest BCUT2D eigenvalue weighted by molar-refractivity contribution is 6.04. The molecule has 2 aromatic rings. The topological polar surface area (TPSA) is 58.6 Å². The fraction of sp³-hybridized carbons (Fsp3) is 0.333. The Kier molecular flexibility index (Phi) is 7.21. The van der Waals surface area contributed by atoms with Gasteiger partial charge in [0.1, 0.15) is 0 Å². The number of benzene rings is 2. The van der Waals surface area contributed by atoms with E-state index >= 15 is 0 Å². The Hall–Kier alpha value is -2.82. The van der Waals surface area contributed by atoms with Crippen molar-refractivity contribution in [2.45, 2.75) is 26.7 Å². The van der Waals surface area contributed by atoms with Crippen molar-refractivity contribution in [2.75, 3.05) is 30.4 Å². The molecule has 0 bridgehead atoms. The zero-order valence-electron chi connectivity index (χ0n) is 15.6. The maximum atomic E-state index is 12.4. The molecule has 0 atom stereocenters. The minimum absolute atomic E-state index is 0.153. The van der Waals surface area contributed by atoms with Gasteiger partial charge < -0.3 is 15.0 Å². The van der Waals surface area contributed by atoms with Crippen molar-refractivity contribution in [2.24, 2.45) is 0 Å². The first-order chi connectivity index (χ1) is 12.6. The average Bonchev–Trinajstić information content (AvgIpc) is 2.68. The highest BCUT2D eigenvalue weighted by atomic mass is 16.5. The van der Waals surface area contributed by atoms with Crippen LogP contribution in [0.5, 0.6) is 0 Å². The minimum atomic E-state index is -0.236. The molecule has 0 saturated heterocycles. The number of rotatable bonds is 8. The molecule has 0 aliphatic heterocycles. The van der Waals surface area contributed by atoms with Crippen LogP contribution in [0, 0.1) is 0 Å². The molecule has 0 aliphatic rings. The van der Waals surface area contributed by atoms with Crippen LogP contribution >= 0.6 is 0 Å². The third kappa shape index (κ3) is 5.34. The van der Waals surface area contributed by atoms with Crippen LogP contribution in [0.1, 0.15) is 36.2 Å². The zero-order chi connectivity index (χ0) is 18.9. The molecule has 2 rings (SSSR count). The molecule has 138 valence electrons. The van der Waals surface area contributed by atoms with E-state index in [-0.39, 0.29) is 11.9 Å². The van der Waals surface area contributed by atoms with Gasteiger partial charge in [-0.05, 0) is 62.2 Å². The number of nitrogens with zero attached hydrogens (tertiary/aromatic N) is 1. The second-order valence-electron chi connectivity index (χ2n) is 5.95. The van der Waals surface area contributed by atoms with Crippen molar-refractivity contribution in [1.82, 2.24) is 0 Å². The third-order valence-electron chi connectivity index (χ3n) is 4.32. The summed E-state index contributed by atoms with van der Waals surface area (Å²) in [4.78, 5) is 25.8. The Morgan fingerprint density at radius 3 is 2.12 bits per heavy atom. The van der Waals surface area contributed by atoms with Gasteiger partial charge in [0.05, 0.1) is 7.11 Å². The first-order valence-corrected chi connectivity index (χ1v) is 8.89. The summed E-state index contributed by atoms with van der Waals surface area (Å²) in [6, 6.07) is 15.1. The van der Waals surface area contributed by atoms with Crippen molar-refractivity contribution >= 4 is 23.3 Å². The second kappa shape index (κ2) is 9.61. The van der Waals surface area contributed by atoms with E-state index in [1.807, 2.05) is 36.4 Å². The lowest BCUT2D eigenvalue weighted by Crippen LogP contribution is -2.21. The smallest absolute Gasteiger partial charge is 0.305 e. The van der Waals surface area contributed by atoms with Crippen molar-refractivity contribution in [3.63, 3.8) is 0 Å². The standard InChI is InChI=1S/C21H26N2O3/c1-4-23(5-2)19-13-11-18(12-14-19)22-21(25)17-9-6-16(7-10-17)8-15-20(24)26-3/h6-7,9-14H,4-5,8,15H2,1-3H3,(H,22,25). The molecule has 26 heavy (non-hydrogen) atoms. The molecule has 0 saturated carbocycles. The summed E-state index contributed by atoms with van der Waals surface area (Å²) in [5.41, 5.74) is 3.48. The quantitative estimate of drug-likeness (QED) is 0.731. The van der Waals surface area contributed by atoms with Gasteiger partial charge in [-0.25, -0.2) is 0 Å². The number of hydrogen-bond acceptors (Lipinski definition) is 4. The van der Waals surface area contributed by atoms with Gasteiger partial charge in [0, 0.05) is 36.4 Å². The summed E-state index contributed by atoms with van der Waals surface area (Å²) in [5.74, 6) is -0.389. The monoisotopic (exact) mass is 354 g/mol. The Morgan fingerprint density at radius 2 is 1.58 bits per heavy atom. The maximum absolute atomic E-state index is 12.4. The Balaban J connectivity index is 1.95. The second-order valence-corrected chi connectivity index (χ2v) is 5.95. The fourth-order valence-electron chi connectivity index (χ4n) is 2.72. The van der Waals surface area contributed by atoms with Gasteiger partial charge >= 0.3 is 5.97 Å². The van der Waals surface area contributed by atoms with Crippen LogP contribution in [0.3, 0.4) is 0 Å². The van der Waals surface area contributed by atoms with Gasteiger partial charge in [-0.15, -0.1) is 0 Å². The van der Waals surface area contributed by atoms with E-state index in [0.717, 1.165) is 30.0 Å². The number of carbonyl (C=O) groups excluding carboxylic acids is 2. The number of methoxy groups -OCH3 is 1. The summed E-state index contributed by atoms with van der Waals surface area (Å²) in [6.45, 7) is 6.14. The first-order valence-electron chi connectivity index (χ1n) is 8.89. The highest BCUT2D eigenvalue weighted by Crippen LogP contribution is 2.18. The van der Waals surface area contributed by atoms with Crippen molar-refractivity contribution in [3.8, 4) is 0 Å². The predicted molar refractivity (Wildman–Crippen MR) is 105 cm³/mol. The largest absolute Gasteiger partial charge is 0.469 e. The van der Waals surface area contributed by atoms with Gasteiger partial charge in [-0.1, -0.05) is 12.1 Å². The van der Waals surface area contributed by atoms with E-state index in [4.69, 9.17) is 0 Å². The fourth-order valence-corrected chi connectivity index (χ4v) is 2.72. The Morgan fingerprint density at radius 1 is 0.962 bits per heavy atom. The van der Waals surface area contributed by atoms with E-state index in [9.17, 15) is 9.59 Å². The lowest BCUT2D eigenvalue weighted by atomic mass is 10.1. The number of esters is 1. The predicted octanol–water partition coefficient (Wildman–Crippen LogP) is 3.89. The molecule has 0 aliphatic carbocycles. The molecule has 1 amide bonds. The lowest BCUT2D eigenvalue weighted by Gasteiger charge is -2.21. The summed E-state index contributed by atoms with van der Waals surface area (Å²) >= 11 is 0. The molecule has 0 radical (unpaired) electrons. The van der Waals surface area contributed by atoms with Crippen molar-refractivity contribution in [1.29, 1.82) is 0 Å². The van der Waals surface area contributed by atoms with Crippen LogP contribution in [0.2, 0.25) is 0 Å². The van der Waals surface area contributed by atoms with E-state index < -0.39 is 0 Å². The highest BCUT2D eigenvalue weighted by Gasteiger charge is 2.08. The van der Waals surface area contributed by atoms with Crippen LogP contribution in [0.15, 0.2) is 48.5 Å². The normalized spacial score (nSPS) is 10.3. The molecule has 5 nitrogen and oxygen atoms in total. The third-order valence-corrected chi connectivity index (χ3v) is 4.32. The van der Waals surface area contributed by atoms with E-state index in [0.29, 0.717) is 18.4 Å². The van der Waals surface area contributed by atoms with Crippen LogP contribution in [0.25, 0.3) is 0 Å². The molecule has 0 unspecified atom stereocenters. The minimum Gasteiger partial charge on any atom is -0.469 e. The summed E-state index contributed by atoms with van der Waals surface area (Å²) < 4.78 is 4.63. The summed E-state index contributed by atoms with van der Waals surface area (Å²) in [6.07, 6.45) is 0.933. The van der Waals surface area contributed by atoms with Crippen molar-refractivity contribution < 1.29 is 14.3 Å². The van der Waals surface area contributed by atoms with Gasteiger partial charge in [0.2, 0.25) is 0 Å². The molecule has 0 spiro atoms. The van der Waals surface area contributed by atoms with E-state index in [1.54, 1.807) is 12.1 Å². The molecule has 0 heterocycles. The van der Waals surface area contributed by atoms with Gasteiger partial charge in [0.15, 0.2) is 0 Å². The number of amides is 1. The van der Waals surface area contributed by atoms with Crippen molar-refractivity contribution in [3.05, 3.63) is 59.7 Å². The number of aryl methyl sites for hydroxylation is 1. The van der Waals surface area contributed by atoms with Gasteiger partial charge in [-0.2, -0.15) is 0 Å². The Labute approximate surface area is 155 Å². The molecular formula is C21H26N2O3. The maximum Gasteiger partial charge on any atom is 0.305 e. The number of carbonyl (C=O) groups is 2. The van der Waals surface area contributed by atoms with Crippen LogP contribution in [-0.4, -0.2) is 32.1 Å². The zero-order valence-corrected chi connectivity index (χ0v) is 15.6. The Bertz CT molecular complexity index is 720. The van der Waals surface area contributed by atoms with E-state index in [1.165, 1.54) is 7.11 Å². The molecular weight excluding hydrogens is 328 g/mol. The number of hydrogen-bond donors (Lipinski definition) is 1. The average molecular weight is 354 g/mol. The molecule has 1 N–H and O–H groups in total. The van der Waals surface area contributed by atoms with Crippen LogP contribution in [-0.2, 0) is 16.0 Å². The van der Waals surface area contributed by atoms with Gasteiger partial charge in [-0.3, -0.25) is 9.59 Å². The molecule has 0 aromatic heterocycles. The molecule has 2 aromatic carbocycles. The molecule has 0 fully saturated rings. The molecule has 5 heteroatoms.